The molecule has 2 aliphatic heterocycles. The number of carbonyl (C=O) groups is 1. The van der Waals surface area contributed by atoms with Gasteiger partial charge in [-0.05, 0) is 56.5 Å². The summed E-state index contributed by atoms with van der Waals surface area (Å²) in [6, 6.07) is 11.2. The van der Waals surface area contributed by atoms with Crippen molar-refractivity contribution in [3.05, 3.63) is 58.9 Å². The van der Waals surface area contributed by atoms with Crippen molar-refractivity contribution in [3.63, 3.8) is 0 Å². The van der Waals surface area contributed by atoms with E-state index in [2.05, 4.69) is 17.9 Å². The Labute approximate surface area is 202 Å². The van der Waals surface area contributed by atoms with Crippen molar-refractivity contribution in [2.45, 2.75) is 64.4 Å². The minimum atomic E-state index is -0.225. The molecule has 5 nitrogen and oxygen atoms in total. The smallest absolute Gasteiger partial charge is 0.307 e. The number of benzene rings is 2. The molecule has 1 spiro atoms. The summed E-state index contributed by atoms with van der Waals surface area (Å²) < 4.78 is 31.6. The summed E-state index contributed by atoms with van der Waals surface area (Å²) in [5, 5.41) is 0. The number of hydrogen-bond donors (Lipinski definition) is 0. The Kier molecular flexibility index (Phi) is 8.09. The summed E-state index contributed by atoms with van der Waals surface area (Å²) in [6.45, 7) is 8.14. The topological polar surface area (TPSA) is 48.0 Å². The molecule has 4 rings (SSSR count). The third-order valence-electron chi connectivity index (χ3n) is 7.21. The standard InChI is InChI=1S/C28H36FNO4/c1-3-5-17-32-27(31)11-14-30-15-12-28(13-16-30)20-34-26-18-22(9-10-24(26)28)33-19-23-21(4-2)7-6-8-25(23)29/h6-10,18H,3-5,11-17,19-20H2,1-2H3. The highest BCUT2D eigenvalue weighted by Gasteiger charge is 2.43. The summed E-state index contributed by atoms with van der Waals surface area (Å²) in [7, 11) is 0. The van der Waals surface area contributed by atoms with Gasteiger partial charge in [0.2, 0.25) is 0 Å². The molecule has 0 N–H and O–H groups in total. The van der Waals surface area contributed by atoms with Gasteiger partial charge < -0.3 is 19.1 Å². The lowest BCUT2D eigenvalue weighted by Gasteiger charge is -2.38. The molecular weight excluding hydrogens is 433 g/mol. The molecule has 0 atom stereocenters. The Bertz CT molecular complexity index is 984. The normalized spacial score (nSPS) is 16.8. The average molecular weight is 470 g/mol. The predicted molar refractivity (Wildman–Crippen MR) is 130 cm³/mol. The van der Waals surface area contributed by atoms with Crippen LogP contribution >= 0.6 is 0 Å². The van der Waals surface area contributed by atoms with Crippen molar-refractivity contribution in [1.29, 1.82) is 0 Å². The van der Waals surface area contributed by atoms with Crippen LogP contribution < -0.4 is 9.47 Å². The van der Waals surface area contributed by atoms with E-state index in [0.29, 0.717) is 30.9 Å². The van der Waals surface area contributed by atoms with Gasteiger partial charge >= 0.3 is 5.97 Å². The number of fused-ring (bicyclic) bond motifs is 2. The van der Waals surface area contributed by atoms with Crippen LogP contribution in [-0.2, 0) is 28.0 Å². The maximum atomic E-state index is 14.3. The van der Waals surface area contributed by atoms with E-state index in [9.17, 15) is 9.18 Å². The van der Waals surface area contributed by atoms with Gasteiger partial charge in [-0.15, -0.1) is 0 Å². The van der Waals surface area contributed by atoms with Crippen LogP contribution in [0, 0.1) is 5.82 Å². The maximum Gasteiger partial charge on any atom is 0.307 e. The third kappa shape index (κ3) is 5.54. The van der Waals surface area contributed by atoms with Crippen LogP contribution in [0.4, 0.5) is 4.39 Å². The Morgan fingerprint density at radius 2 is 2.00 bits per heavy atom. The summed E-state index contributed by atoms with van der Waals surface area (Å²) in [5.74, 6) is 1.24. The molecule has 6 heteroatoms. The van der Waals surface area contributed by atoms with Crippen LogP contribution in [0.2, 0.25) is 0 Å². The number of piperidine rings is 1. The largest absolute Gasteiger partial charge is 0.492 e. The van der Waals surface area contributed by atoms with Crippen LogP contribution in [0.1, 0.15) is 62.6 Å². The first-order valence-corrected chi connectivity index (χ1v) is 12.6. The van der Waals surface area contributed by atoms with Crippen molar-refractivity contribution >= 4 is 5.97 Å². The number of esters is 1. The van der Waals surface area contributed by atoms with Crippen molar-refractivity contribution in [2.24, 2.45) is 0 Å². The van der Waals surface area contributed by atoms with Crippen molar-refractivity contribution in [2.75, 3.05) is 32.8 Å². The molecule has 34 heavy (non-hydrogen) atoms. The highest BCUT2D eigenvalue weighted by Crippen LogP contribution is 2.46. The number of likely N-dealkylation sites (tertiary alicyclic amines) is 1. The van der Waals surface area contributed by atoms with Gasteiger partial charge in [-0.3, -0.25) is 4.79 Å². The number of aryl methyl sites for hydroxylation is 1. The van der Waals surface area contributed by atoms with E-state index in [1.165, 1.54) is 11.6 Å². The molecular formula is C28H36FNO4. The molecule has 1 saturated heterocycles. The molecule has 1 fully saturated rings. The Balaban J connectivity index is 1.31. The molecule has 0 amide bonds. The van der Waals surface area contributed by atoms with Gasteiger partial charge in [0.1, 0.15) is 23.9 Å². The lowest BCUT2D eigenvalue weighted by atomic mass is 9.74. The minimum Gasteiger partial charge on any atom is -0.492 e. The summed E-state index contributed by atoms with van der Waals surface area (Å²) in [6.07, 6.45) is 5.17. The minimum absolute atomic E-state index is 0.0208. The van der Waals surface area contributed by atoms with Gasteiger partial charge in [-0.2, -0.15) is 0 Å². The van der Waals surface area contributed by atoms with Crippen molar-refractivity contribution < 1.29 is 23.4 Å². The molecule has 184 valence electrons. The molecule has 0 aromatic heterocycles. The van der Waals surface area contributed by atoms with Gasteiger partial charge in [-0.1, -0.05) is 38.5 Å². The first-order chi connectivity index (χ1) is 16.5. The van der Waals surface area contributed by atoms with Crippen LogP contribution in [0.5, 0.6) is 11.5 Å². The van der Waals surface area contributed by atoms with E-state index in [0.717, 1.165) is 63.1 Å². The fourth-order valence-corrected chi connectivity index (χ4v) is 4.97. The Hall–Kier alpha value is -2.60. The van der Waals surface area contributed by atoms with Gasteiger partial charge in [0, 0.05) is 29.2 Å². The molecule has 0 aliphatic carbocycles. The zero-order valence-electron chi connectivity index (χ0n) is 20.4. The van der Waals surface area contributed by atoms with Crippen LogP contribution in [0.3, 0.4) is 0 Å². The van der Waals surface area contributed by atoms with Crippen LogP contribution in [-0.4, -0.2) is 43.7 Å². The fraction of sp³-hybridized carbons (Fsp3) is 0.536. The van der Waals surface area contributed by atoms with Gasteiger partial charge in [0.05, 0.1) is 19.6 Å². The number of unbranched alkanes of at least 4 members (excludes halogenated alkanes) is 1. The fourth-order valence-electron chi connectivity index (χ4n) is 4.97. The predicted octanol–water partition coefficient (Wildman–Crippen LogP) is 5.43. The van der Waals surface area contributed by atoms with Crippen LogP contribution in [0.25, 0.3) is 0 Å². The summed E-state index contributed by atoms with van der Waals surface area (Å²) >= 11 is 0. The van der Waals surface area contributed by atoms with Gasteiger partial charge in [-0.25, -0.2) is 4.39 Å². The highest BCUT2D eigenvalue weighted by molar-refractivity contribution is 5.69. The van der Waals surface area contributed by atoms with Crippen LogP contribution in [0.15, 0.2) is 36.4 Å². The zero-order chi connectivity index (χ0) is 24.0. The third-order valence-corrected chi connectivity index (χ3v) is 7.21. The van der Waals surface area contributed by atoms with E-state index in [1.807, 2.05) is 25.1 Å². The molecule has 2 aromatic rings. The molecule has 0 radical (unpaired) electrons. The Morgan fingerprint density at radius 1 is 1.18 bits per heavy atom. The first kappa shape index (κ1) is 24.5. The summed E-state index contributed by atoms with van der Waals surface area (Å²) in [4.78, 5) is 14.3. The van der Waals surface area contributed by atoms with Gasteiger partial charge in [0.15, 0.2) is 0 Å². The van der Waals surface area contributed by atoms with E-state index in [1.54, 1.807) is 6.07 Å². The second-order valence-corrected chi connectivity index (χ2v) is 9.41. The summed E-state index contributed by atoms with van der Waals surface area (Å²) in [5.41, 5.74) is 2.84. The lowest BCUT2D eigenvalue weighted by molar-refractivity contribution is -0.144. The number of carbonyl (C=O) groups excluding carboxylic acids is 1. The molecule has 2 aliphatic rings. The van der Waals surface area contributed by atoms with E-state index >= 15 is 0 Å². The van der Waals surface area contributed by atoms with E-state index in [4.69, 9.17) is 14.2 Å². The number of ether oxygens (including phenoxy) is 3. The quantitative estimate of drug-likeness (QED) is 0.343. The van der Waals surface area contributed by atoms with E-state index in [-0.39, 0.29) is 23.8 Å². The lowest BCUT2D eigenvalue weighted by Crippen LogP contribution is -2.44. The molecule has 0 saturated carbocycles. The SMILES string of the molecule is CCCCOC(=O)CCN1CCC2(CC1)COc1cc(OCc3c(F)cccc3CC)ccc12. The highest BCUT2D eigenvalue weighted by atomic mass is 19.1. The second kappa shape index (κ2) is 11.2. The monoisotopic (exact) mass is 469 g/mol. The average Bonchev–Trinajstić information content (AvgIpc) is 3.20. The van der Waals surface area contributed by atoms with Crippen molar-refractivity contribution in [1.82, 2.24) is 4.90 Å². The molecule has 2 aromatic carbocycles. The number of nitrogens with zero attached hydrogens (tertiary/aromatic N) is 1. The Morgan fingerprint density at radius 3 is 2.76 bits per heavy atom. The maximum absolute atomic E-state index is 14.3. The molecule has 0 bridgehead atoms. The first-order valence-electron chi connectivity index (χ1n) is 12.6. The molecule has 2 heterocycles. The van der Waals surface area contributed by atoms with E-state index < -0.39 is 0 Å². The zero-order valence-corrected chi connectivity index (χ0v) is 20.4. The van der Waals surface area contributed by atoms with Crippen molar-refractivity contribution in [3.8, 4) is 11.5 Å². The number of hydrogen-bond acceptors (Lipinski definition) is 5. The van der Waals surface area contributed by atoms with Gasteiger partial charge in [0.25, 0.3) is 0 Å². The number of halogens is 1. The molecule has 0 unspecified atom stereocenters. The number of rotatable bonds is 10. The second-order valence-electron chi connectivity index (χ2n) is 9.41.